The van der Waals surface area contributed by atoms with Crippen molar-refractivity contribution in [2.24, 2.45) is 0 Å². The lowest BCUT2D eigenvalue weighted by Gasteiger charge is -2.18. The minimum atomic E-state index is -3.21. The molecule has 42 heavy (non-hydrogen) atoms. The van der Waals surface area contributed by atoms with E-state index in [1.165, 1.54) is 89.9 Å². The van der Waals surface area contributed by atoms with Crippen LogP contribution in [-0.2, 0) is 24.9 Å². The number of aromatic amines is 2. The summed E-state index contributed by atoms with van der Waals surface area (Å²) in [6, 6.07) is 0. The number of nitrogen functional groups attached to an aromatic ring is 1. The molecule has 10 nitrogen and oxygen atoms in total. The van der Waals surface area contributed by atoms with Crippen molar-refractivity contribution in [1.82, 2.24) is 20.3 Å². The second-order valence-electron chi connectivity index (χ2n) is 11.2. The zero-order chi connectivity index (χ0) is 30.3. The predicted octanol–water partition coefficient (Wildman–Crippen LogP) is 7.79. The average molecular weight is 612 g/mol. The van der Waals surface area contributed by atoms with E-state index in [4.69, 9.17) is 19.5 Å². The van der Waals surface area contributed by atoms with Gasteiger partial charge in [0.05, 0.1) is 12.8 Å². The number of nitrogens with one attached hydrogen (secondary N) is 3. The van der Waals surface area contributed by atoms with Crippen LogP contribution in [0.1, 0.15) is 129 Å². The number of nitrogens with two attached hydrogens (primary N) is 1. The maximum Gasteiger partial charge on any atom is 0.332 e. The van der Waals surface area contributed by atoms with Gasteiger partial charge in [-0.05, 0) is 26.3 Å². The summed E-state index contributed by atoms with van der Waals surface area (Å²) in [5.41, 5.74) is 7.16. The summed E-state index contributed by atoms with van der Waals surface area (Å²) in [7, 11) is -3.21. The van der Waals surface area contributed by atoms with E-state index in [9.17, 15) is 9.36 Å². The van der Waals surface area contributed by atoms with Crippen LogP contribution in [0.3, 0.4) is 0 Å². The Morgan fingerprint density at radius 2 is 1.45 bits per heavy atom. The first kappa shape index (κ1) is 36.5. The van der Waals surface area contributed by atoms with Crippen molar-refractivity contribution in [2.75, 3.05) is 38.4 Å². The van der Waals surface area contributed by atoms with Gasteiger partial charge in [-0.1, -0.05) is 103 Å². The first-order valence-electron chi connectivity index (χ1n) is 16.5. The number of nitrogens with zero attached hydrogens (tertiary/aromatic N) is 1. The van der Waals surface area contributed by atoms with Gasteiger partial charge in [-0.3, -0.25) is 18.9 Å². The van der Waals surface area contributed by atoms with Gasteiger partial charge in [0.1, 0.15) is 11.0 Å². The van der Waals surface area contributed by atoms with Crippen LogP contribution in [0.2, 0.25) is 0 Å². The number of rotatable bonds is 28. The van der Waals surface area contributed by atoms with E-state index in [2.05, 4.69) is 27.2 Å². The summed E-state index contributed by atoms with van der Waals surface area (Å²) in [5, 5.41) is 3.29. The van der Waals surface area contributed by atoms with Crippen molar-refractivity contribution >= 4 is 24.6 Å². The quantitative estimate of drug-likeness (QED) is 0.0433. The van der Waals surface area contributed by atoms with Gasteiger partial charge < -0.3 is 25.3 Å². The van der Waals surface area contributed by atoms with Crippen molar-refractivity contribution in [3.8, 4) is 0 Å². The monoisotopic (exact) mass is 611 g/mol. The summed E-state index contributed by atoms with van der Waals surface area (Å²) in [5.74, 6) is 0.0835. The first-order chi connectivity index (χ1) is 20.5. The molecule has 2 rings (SSSR count). The summed E-state index contributed by atoms with van der Waals surface area (Å²) in [4.78, 5) is 21.6. The zero-order valence-corrected chi connectivity index (χ0v) is 27.2. The average Bonchev–Trinajstić information content (AvgIpc) is 3.37. The van der Waals surface area contributed by atoms with E-state index in [0.717, 1.165) is 18.4 Å². The maximum atomic E-state index is 13.0. The molecular formula is C31H58N5O5P. The van der Waals surface area contributed by atoms with Crippen LogP contribution in [0.4, 0.5) is 5.95 Å². The number of H-pyrrole nitrogens is 2. The van der Waals surface area contributed by atoms with Gasteiger partial charge in [-0.15, -0.1) is 0 Å². The molecule has 0 radical (unpaired) electrons. The highest BCUT2D eigenvalue weighted by Crippen LogP contribution is 2.48. The Morgan fingerprint density at radius 1 is 0.857 bits per heavy atom. The molecule has 11 heteroatoms. The lowest BCUT2D eigenvalue weighted by molar-refractivity contribution is 0.00379. The van der Waals surface area contributed by atoms with E-state index < -0.39 is 7.60 Å². The van der Waals surface area contributed by atoms with Crippen molar-refractivity contribution in [2.45, 2.75) is 130 Å². The molecule has 0 aliphatic rings. The number of anilines is 1. The van der Waals surface area contributed by atoms with Crippen LogP contribution in [0.5, 0.6) is 0 Å². The Hall–Kier alpha value is -1.71. The minimum Gasteiger partial charge on any atom is -0.369 e. The zero-order valence-electron chi connectivity index (χ0n) is 26.4. The molecule has 2 heterocycles. The van der Waals surface area contributed by atoms with Crippen LogP contribution in [0, 0.1) is 0 Å². The largest absolute Gasteiger partial charge is 0.369 e. The molecule has 0 amide bonds. The van der Waals surface area contributed by atoms with E-state index in [1.54, 1.807) is 6.20 Å². The molecule has 0 aromatic carbocycles. The molecule has 0 aliphatic carbocycles. The number of hydrogen-bond donors (Lipinski definition) is 4. The number of ether oxygens (including phenoxy) is 1. The van der Waals surface area contributed by atoms with Gasteiger partial charge in [0.2, 0.25) is 5.95 Å². The lowest BCUT2D eigenvalue weighted by Crippen LogP contribution is -2.17. The highest BCUT2D eigenvalue weighted by atomic mass is 31.2. The Kier molecular flexibility index (Phi) is 19.8. The van der Waals surface area contributed by atoms with Crippen molar-refractivity contribution < 1.29 is 18.3 Å². The standard InChI is InChI=1S/C31H58N5O5P/c1-3-5-6-7-8-9-10-11-12-13-14-15-16-17-18-19-22-39-26-41-42(38,40-4-2)23-20-21-33-24-27-25-34-29-28(27)35-31(32)36-30(29)37/h25,33-34H,3-24,26H2,1-2H3,(H3,32,35,36,37). The van der Waals surface area contributed by atoms with E-state index in [1.807, 2.05) is 6.92 Å². The number of aromatic nitrogens is 3. The second-order valence-corrected chi connectivity index (χ2v) is 13.4. The molecule has 0 bridgehead atoms. The first-order valence-corrected chi connectivity index (χ1v) is 18.2. The summed E-state index contributed by atoms with van der Waals surface area (Å²) >= 11 is 0. The van der Waals surface area contributed by atoms with Gasteiger partial charge in [0.15, 0.2) is 6.79 Å². The van der Waals surface area contributed by atoms with E-state index >= 15 is 0 Å². The van der Waals surface area contributed by atoms with Crippen LogP contribution in [-0.4, -0.2) is 47.7 Å². The van der Waals surface area contributed by atoms with Gasteiger partial charge >= 0.3 is 7.60 Å². The van der Waals surface area contributed by atoms with Crippen LogP contribution < -0.4 is 16.6 Å². The Morgan fingerprint density at radius 3 is 2.05 bits per heavy atom. The maximum absolute atomic E-state index is 13.0. The minimum absolute atomic E-state index is 0.0135. The molecular weight excluding hydrogens is 553 g/mol. The fraction of sp³-hybridized carbons (Fsp3) is 0.806. The van der Waals surface area contributed by atoms with Crippen molar-refractivity contribution in [3.63, 3.8) is 0 Å². The fourth-order valence-corrected chi connectivity index (χ4v) is 6.64. The predicted molar refractivity (Wildman–Crippen MR) is 173 cm³/mol. The number of unbranched alkanes of at least 4 members (excludes halogenated alkanes) is 15. The van der Waals surface area contributed by atoms with Crippen LogP contribution in [0.15, 0.2) is 11.0 Å². The van der Waals surface area contributed by atoms with Crippen molar-refractivity contribution in [1.29, 1.82) is 0 Å². The summed E-state index contributed by atoms with van der Waals surface area (Å²) in [6.07, 6.45) is 24.0. The Labute approximate surface area is 253 Å². The molecule has 0 aliphatic heterocycles. The van der Waals surface area contributed by atoms with Gasteiger partial charge in [0.25, 0.3) is 5.56 Å². The Bertz CT molecular complexity index is 1060. The SMILES string of the molecule is CCCCCCCCCCCCCCCCCCOCOP(=O)(CCCNCc1c[nH]c2c(=O)[nH]c(N)nc12)OCC. The molecule has 1 atom stereocenters. The third kappa shape index (κ3) is 15.7. The van der Waals surface area contributed by atoms with Gasteiger partial charge in [0, 0.05) is 24.9 Å². The Balaban J connectivity index is 1.43. The highest BCUT2D eigenvalue weighted by Gasteiger charge is 2.23. The second kappa shape index (κ2) is 22.8. The van der Waals surface area contributed by atoms with Gasteiger partial charge in [-0.2, -0.15) is 0 Å². The van der Waals surface area contributed by atoms with Crippen LogP contribution >= 0.6 is 7.60 Å². The third-order valence-electron chi connectivity index (χ3n) is 7.53. The molecule has 5 N–H and O–H groups in total. The normalized spacial score (nSPS) is 13.2. The molecule has 1 unspecified atom stereocenters. The molecule has 2 aromatic heterocycles. The molecule has 2 aromatic rings. The topological polar surface area (TPSA) is 144 Å². The molecule has 0 spiro atoms. The smallest absolute Gasteiger partial charge is 0.332 e. The van der Waals surface area contributed by atoms with E-state index in [0.29, 0.717) is 49.9 Å². The lowest BCUT2D eigenvalue weighted by atomic mass is 10.0. The highest BCUT2D eigenvalue weighted by molar-refractivity contribution is 7.53. The number of hydrogen-bond acceptors (Lipinski definition) is 8. The molecule has 0 saturated heterocycles. The van der Waals surface area contributed by atoms with Gasteiger partial charge in [-0.25, -0.2) is 4.98 Å². The number of fused-ring (bicyclic) bond motifs is 1. The molecule has 0 fully saturated rings. The molecule has 242 valence electrons. The van der Waals surface area contributed by atoms with E-state index in [-0.39, 0.29) is 18.3 Å². The van der Waals surface area contributed by atoms with Crippen molar-refractivity contribution in [3.05, 3.63) is 22.1 Å². The summed E-state index contributed by atoms with van der Waals surface area (Å²) < 4.78 is 29.6. The molecule has 0 saturated carbocycles. The fourth-order valence-electron chi connectivity index (χ4n) is 5.13. The van der Waals surface area contributed by atoms with Crippen LogP contribution in [0.25, 0.3) is 11.0 Å². The third-order valence-corrected chi connectivity index (χ3v) is 9.55. The summed E-state index contributed by atoms with van der Waals surface area (Å²) in [6.45, 7) is 6.10.